The standard InChI is InChI=1S/C29H30N4O6/c1-31(28(30)36)25(34)18-21-16-22(27(35)38-2)17-24-26(21)32(14-9-15-39-23-12-7-4-8-13-23)29(37)33(24)19-20-10-5-3-6-11-20/h3-8,10-13,16-17H,9,14-15,18-19H2,1-2H3,(H2,30,36). The summed E-state index contributed by atoms with van der Waals surface area (Å²) in [7, 11) is 2.54. The van der Waals surface area contributed by atoms with E-state index in [1.165, 1.54) is 20.2 Å². The Labute approximate surface area is 225 Å². The van der Waals surface area contributed by atoms with E-state index in [0.29, 0.717) is 36.2 Å². The Hall–Kier alpha value is -4.86. The van der Waals surface area contributed by atoms with Crippen LogP contribution in [0.25, 0.3) is 11.0 Å². The monoisotopic (exact) mass is 530 g/mol. The van der Waals surface area contributed by atoms with Gasteiger partial charge in [0.05, 0.1) is 43.3 Å². The first-order valence-electron chi connectivity index (χ1n) is 12.4. The van der Waals surface area contributed by atoms with Crippen LogP contribution in [-0.2, 0) is 29.0 Å². The molecule has 0 aliphatic heterocycles. The van der Waals surface area contributed by atoms with Crippen molar-refractivity contribution in [1.82, 2.24) is 14.0 Å². The number of amides is 3. The molecule has 0 saturated carbocycles. The van der Waals surface area contributed by atoms with Crippen molar-refractivity contribution in [1.29, 1.82) is 0 Å². The van der Waals surface area contributed by atoms with Crippen molar-refractivity contribution in [3.05, 3.63) is 100.0 Å². The Morgan fingerprint density at radius 1 is 0.949 bits per heavy atom. The molecule has 3 amide bonds. The number of rotatable bonds is 10. The van der Waals surface area contributed by atoms with Crippen molar-refractivity contribution >= 4 is 28.9 Å². The molecule has 0 spiro atoms. The Balaban J connectivity index is 1.80. The second-order valence-electron chi connectivity index (χ2n) is 8.98. The largest absolute Gasteiger partial charge is 0.494 e. The van der Waals surface area contributed by atoms with Crippen LogP contribution in [0.3, 0.4) is 0 Å². The highest BCUT2D eigenvalue weighted by Gasteiger charge is 2.23. The zero-order valence-corrected chi connectivity index (χ0v) is 21.8. The zero-order valence-electron chi connectivity index (χ0n) is 21.8. The summed E-state index contributed by atoms with van der Waals surface area (Å²) in [5, 5.41) is 0. The van der Waals surface area contributed by atoms with Gasteiger partial charge in [-0.2, -0.15) is 0 Å². The van der Waals surface area contributed by atoms with E-state index in [0.717, 1.165) is 16.2 Å². The van der Waals surface area contributed by atoms with Crippen molar-refractivity contribution in [2.24, 2.45) is 5.73 Å². The number of ether oxygens (including phenoxy) is 2. The Kier molecular flexibility index (Phi) is 8.45. The van der Waals surface area contributed by atoms with Gasteiger partial charge in [-0.25, -0.2) is 14.4 Å². The summed E-state index contributed by atoms with van der Waals surface area (Å²) < 4.78 is 13.9. The van der Waals surface area contributed by atoms with Gasteiger partial charge >= 0.3 is 17.7 Å². The first-order valence-corrected chi connectivity index (χ1v) is 12.4. The number of likely N-dealkylation sites (N-methyl/N-ethyl adjacent to an activating group) is 1. The van der Waals surface area contributed by atoms with Gasteiger partial charge in [0, 0.05) is 13.6 Å². The molecule has 0 aliphatic carbocycles. The van der Waals surface area contributed by atoms with Crippen molar-refractivity contribution < 1.29 is 23.9 Å². The second kappa shape index (κ2) is 12.1. The van der Waals surface area contributed by atoms with E-state index < -0.39 is 17.9 Å². The second-order valence-corrected chi connectivity index (χ2v) is 8.98. The van der Waals surface area contributed by atoms with Gasteiger partial charge in [-0.1, -0.05) is 48.5 Å². The minimum atomic E-state index is -0.905. The number of para-hydroxylation sites is 1. The summed E-state index contributed by atoms with van der Waals surface area (Å²) in [5.41, 5.74) is 7.44. The number of aryl methyl sites for hydroxylation is 1. The number of carbonyl (C=O) groups excluding carboxylic acids is 3. The molecule has 0 saturated heterocycles. The molecule has 4 rings (SSSR count). The molecule has 1 aromatic heterocycles. The van der Waals surface area contributed by atoms with Gasteiger partial charge < -0.3 is 15.2 Å². The third-order valence-corrected chi connectivity index (χ3v) is 6.38. The highest BCUT2D eigenvalue weighted by atomic mass is 16.5. The molecule has 202 valence electrons. The minimum absolute atomic E-state index is 0.181. The van der Waals surface area contributed by atoms with Crippen LogP contribution in [0, 0.1) is 0 Å². The molecule has 0 bridgehead atoms. The van der Waals surface area contributed by atoms with E-state index in [4.69, 9.17) is 15.2 Å². The van der Waals surface area contributed by atoms with Gasteiger partial charge in [0.2, 0.25) is 5.91 Å². The number of methoxy groups -OCH3 is 1. The number of imidazole rings is 1. The molecule has 1 heterocycles. The molecular weight excluding hydrogens is 500 g/mol. The molecule has 2 N–H and O–H groups in total. The van der Waals surface area contributed by atoms with Gasteiger partial charge in [-0.3, -0.25) is 18.8 Å². The van der Waals surface area contributed by atoms with Crippen molar-refractivity contribution in [3.8, 4) is 5.75 Å². The Morgan fingerprint density at radius 2 is 1.62 bits per heavy atom. The summed E-state index contributed by atoms with van der Waals surface area (Å²) in [6, 6.07) is 21.0. The molecule has 10 heteroatoms. The van der Waals surface area contributed by atoms with E-state index in [-0.39, 0.29) is 24.2 Å². The van der Waals surface area contributed by atoms with E-state index in [2.05, 4.69) is 0 Å². The zero-order chi connectivity index (χ0) is 27.9. The van der Waals surface area contributed by atoms with Gasteiger partial charge in [0.25, 0.3) is 0 Å². The lowest BCUT2D eigenvalue weighted by Gasteiger charge is -2.14. The fourth-order valence-electron chi connectivity index (χ4n) is 4.37. The summed E-state index contributed by atoms with van der Waals surface area (Å²) in [6.07, 6.45) is 0.253. The molecule has 4 aromatic rings. The maximum absolute atomic E-state index is 13.8. The van der Waals surface area contributed by atoms with Crippen LogP contribution in [0.4, 0.5) is 4.79 Å². The average molecular weight is 531 g/mol. The number of benzene rings is 3. The SMILES string of the molecule is COC(=O)c1cc(CC(=O)N(C)C(N)=O)c2c(c1)n(Cc1ccccc1)c(=O)n2CCCOc1ccccc1. The van der Waals surface area contributed by atoms with E-state index in [1.807, 2.05) is 60.7 Å². The predicted octanol–water partition coefficient (Wildman–Crippen LogP) is 3.19. The van der Waals surface area contributed by atoms with E-state index in [9.17, 15) is 19.2 Å². The topological polar surface area (TPSA) is 126 Å². The lowest BCUT2D eigenvalue weighted by Crippen LogP contribution is -2.38. The van der Waals surface area contributed by atoms with Crippen molar-refractivity contribution in [3.63, 3.8) is 0 Å². The lowest BCUT2D eigenvalue weighted by molar-refractivity contribution is -0.126. The molecule has 0 radical (unpaired) electrons. The van der Waals surface area contributed by atoms with Crippen LogP contribution >= 0.6 is 0 Å². The van der Waals surface area contributed by atoms with Gasteiger partial charge in [-0.15, -0.1) is 0 Å². The van der Waals surface area contributed by atoms with Gasteiger partial charge in [0.15, 0.2) is 0 Å². The highest BCUT2D eigenvalue weighted by molar-refractivity contribution is 5.99. The number of nitrogens with two attached hydrogens (primary N) is 1. The summed E-state index contributed by atoms with van der Waals surface area (Å²) in [4.78, 5) is 51.6. The number of esters is 1. The van der Waals surface area contributed by atoms with Crippen LogP contribution in [0.2, 0.25) is 0 Å². The quantitative estimate of drug-likeness (QED) is 0.248. The lowest BCUT2D eigenvalue weighted by atomic mass is 10.0. The highest BCUT2D eigenvalue weighted by Crippen LogP contribution is 2.24. The summed E-state index contributed by atoms with van der Waals surface area (Å²) >= 11 is 0. The number of fused-ring (bicyclic) bond motifs is 1. The van der Waals surface area contributed by atoms with Crippen molar-refractivity contribution in [2.45, 2.75) is 25.9 Å². The fourth-order valence-corrected chi connectivity index (χ4v) is 4.37. The maximum Gasteiger partial charge on any atom is 0.337 e. The maximum atomic E-state index is 13.8. The molecule has 0 atom stereocenters. The normalized spacial score (nSPS) is 10.8. The van der Waals surface area contributed by atoms with Crippen LogP contribution in [0.1, 0.15) is 27.9 Å². The Morgan fingerprint density at radius 3 is 2.26 bits per heavy atom. The molecule has 39 heavy (non-hydrogen) atoms. The van der Waals surface area contributed by atoms with Gasteiger partial charge in [0.1, 0.15) is 5.75 Å². The number of carbonyl (C=O) groups is 3. The Bertz CT molecular complexity index is 1540. The van der Waals surface area contributed by atoms with E-state index in [1.54, 1.807) is 15.2 Å². The molecule has 0 fully saturated rings. The molecular formula is C29H30N4O6. The number of hydrogen-bond donors (Lipinski definition) is 1. The molecule has 0 aliphatic rings. The molecule has 10 nitrogen and oxygen atoms in total. The first kappa shape index (κ1) is 27.2. The van der Waals surface area contributed by atoms with Gasteiger partial charge in [-0.05, 0) is 41.8 Å². The van der Waals surface area contributed by atoms with E-state index >= 15 is 0 Å². The number of aromatic nitrogens is 2. The molecule has 3 aromatic carbocycles. The number of nitrogens with zero attached hydrogens (tertiary/aromatic N) is 3. The number of imide groups is 1. The minimum Gasteiger partial charge on any atom is -0.494 e. The van der Waals surface area contributed by atoms with Crippen LogP contribution in [0.5, 0.6) is 5.75 Å². The average Bonchev–Trinajstić information content (AvgIpc) is 3.21. The fraction of sp³-hybridized carbons (Fsp3) is 0.241. The number of hydrogen-bond acceptors (Lipinski definition) is 6. The summed E-state index contributed by atoms with van der Waals surface area (Å²) in [5.74, 6) is -0.468. The van der Waals surface area contributed by atoms with Crippen LogP contribution in [-0.4, -0.2) is 52.7 Å². The van der Waals surface area contributed by atoms with Crippen molar-refractivity contribution in [2.75, 3.05) is 20.8 Å². The number of urea groups is 1. The molecule has 0 unspecified atom stereocenters. The first-order chi connectivity index (χ1) is 18.8. The predicted molar refractivity (Wildman–Crippen MR) is 146 cm³/mol. The number of primary amides is 1. The van der Waals surface area contributed by atoms with Crippen LogP contribution < -0.4 is 16.2 Å². The third-order valence-electron chi connectivity index (χ3n) is 6.38. The third kappa shape index (κ3) is 6.18. The van der Waals surface area contributed by atoms with Crippen LogP contribution in [0.15, 0.2) is 77.6 Å². The summed E-state index contributed by atoms with van der Waals surface area (Å²) in [6.45, 7) is 0.915. The smallest absolute Gasteiger partial charge is 0.337 e.